The summed E-state index contributed by atoms with van der Waals surface area (Å²) >= 11 is 0. The molecule has 7 heteroatoms. The summed E-state index contributed by atoms with van der Waals surface area (Å²) in [5.74, 6) is -0.252. The van der Waals surface area contributed by atoms with Crippen molar-refractivity contribution in [1.82, 2.24) is 14.5 Å². The molecule has 0 aliphatic carbocycles. The van der Waals surface area contributed by atoms with E-state index < -0.39 is 10.0 Å². The number of aryl methyl sites for hydroxylation is 1. The van der Waals surface area contributed by atoms with Crippen molar-refractivity contribution in [3.63, 3.8) is 0 Å². The summed E-state index contributed by atoms with van der Waals surface area (Å²) in [6, 6.07) is 6.76. The molecule has 1 amide bonds. The number of likely N-dealkylation sites (tertiary alicyclic amines) is 1. The highest BCUT2D eigenvalue weighted by Crippen LogP contribution is 2.15. The molecule has 0 aromatic heterocycles. The van der Waals surface area contributed by atoms with E-state index >= 15 is 0 Å². The molecule has 0 bridgehead atoms. The summed E-state index contributed by atoms with van der Waals surface area (Å²) in [6.45, 7) is 3.63. The summed E-state index contributed by atoms with van der Waals surface area (Å²) in [4.78, 5) is 14.5. The van der Waals surface area contributed by atoms with Crippen LogP contribution < -0.4 is 5.32 Å². The number of nitrogens with one attached hydrogen (secondary N) is 1. The monoisotopic (exact) mass is 339 g/mol. The van der Waals surface area contributed by atoms with Crippen LogP contribution in [0.2, 0.25) is 0 Å². The quantitative estimate of drug-likeness (QED) is 0.862. The molecule has 0 radical (unpaired) electrons. The van der Waals surface area contributed by atoms with Gasteiger partial charge >= 0.3 is 0 Å². The third-order valence-corrected chi connectivity index (χ3v) is 6.00. The summed E-state index contributed by atoms with van der Waals surface area (Å²) in [5.41, 5.74) is 0.992. The van der Waals surface area contributed by atoms with Gasteiger partial charge in [0.2, 0.25) is 15.9 Å². The zero-order valence-corrected chi connectivity index (χ0v) is 14.8. The van der Waals surface area contributed by atoms with Gasteiger partial charge in [-0.25, -0.2) is 8.42 Å². The van der Waals surface area contributed by atoms with Crippen LogP contribution in [0.15, 0.2) is 29.2 Å². The summed E-state index contributed by atoms with van der Waals surface area (Å²) < 4.78 is 26.0. The molecule has 2 rings (SSSR count). The van der Waals surface area contributed by atoms with Gasteiger partial charge in [-0.2, -0.15) is 4.31 Å². The molecule has 0 atom stereocenters. The number of likely N-dealkylation sites (N-methyl/N-ethyl adjacent to an activating group) is 1. The fourth-order valence-electron chi connectivity index (χ4n) is 2.60. The van der Waals surface area contributed by atoms with E-state index in [-0.39, 0.29) is 23.4 Å². The summed E-state index contributed by atoms with van der Waals surface area (Å²) in [6.07, 6.45) is 1.80. The van der Waals surface area contributed by atoms with Crippen LogP contribution in [-0.4, -0.2) is 63.3 Å². The Balaban J connectivity index is 1.93. The molecule has 128 valence electrons. The second kappa shape index (κ2) is 7.42. The van der Waals surface area contributed by atoms with E-state index in [1.54, 1.807) is 24.3 Å². The van der Waals surface area contributed by atoms with Crippen molar-refractivity contribution in [3.8, 4) is 0 Å². The second-order valence-corrected chi connectivity index (χ2v) is 8.26. The first kappa shape index (κ1) is 17.9. The second-order valence-electron chi connectivity index (χ2n) is 6.22. The van der Waals surface area contributed by atoms with Gasteiger partial charge in [0.1, 0.15) is 0 Å². The Morgan fingerprint density at radius 1 is 1.26 bits per heavy atom. The standard InChI is InChI=1S/C16H25N3O3S/c1-13-4-6-15(7-5-13)23(21,22)19(3)12-16(20)17-14-8-10-18(2)11-9-14/h4-7,14H,8-12H2,1-3H3,(H,17,20). The number of hydrogen-bond donors (Lipinski definition) is 1. The molecule has 1 saturated heterocycles. The van der Waals surface area contributed by atoms with E-state index in [9.17, 15) is 13.2 Å². The number of carbonyl (C=O) groups excluding carboxylic acids is 1. The third-order valence-electron chi connectivity index (χ3n) is 4.18. The number of hydrogen-bond acceptors (Lipinski definition) is 4. The molecule has 1 aromatic carbocycles. The Labute approximate surface area is 138 Å². The van der Waals surface area contributed by atoms with Gasteiger partial charge in [0.15, 0.2) is 0 Å². The fourth-order valence-corrected chi connectivity index (χ4v) is 3.73. The van der Waals surface area contributed by atoms with Crippen molar-refractivity contribution in [2.24, 2.45) is 0 Å². The van der Waals surface area contributed by atoms with Gasteiger partial charge in [-0.3, -0.25) is 4.79 Å². The van der Waals surface area contributed by atoms with E-state index in [2.05, 4.69) is 17.3 Å². The predicted octanol–water partition coefficient (Wildman–Crippen LogP) is 0.826. The minimum Gasteiger partial charge on any atom is -0.352 e. The SMILES string of the molecule is Cc1ccc(S(=O)(=O)N(C)CC(=O)NC2CCN(C)CC2)cc1. The number of carbonyl (C=O) groups is 1. The van der Waals surface area contributed by atoms with Gasteiger partial charge in [-0.05, 0) is 52.0 Å². The van der Waals surface area contributed by atoms with E-state index in [1.807, 2.05) is 6.92 Å². The van der Waals surface area contributed by atoms with Crippen LogP contribution >= 0.6 is 0 Å². The molecule has 1 heterocycles. The highest BCUT2D eigenvalue weighted by Gasteiger charge is 2.24. The Morgan fingerprint density at radius 3 is 2.39 bits per heavy atom. The minimum absolute atomic E-state index is 0.133. The van der Waals surface area contributed by atoms with Gasteiger partial charge in [0.25, 0.3) is 0 Å². The molecular weight excluding hydrogens is 314 g/mol. The lowest BCUT2D eigenvalue weighted by Gasteiger charge is -2.29. The Kier molecular flexibility index (Phi) is 5.78. The molecule has 1 aromatic rings. The number of benzene rings is 1. The zero-order chi connectivity index (χ0) is 17.0. The largest absolute Gasteiger partial charge is 0.352 e. The van der Waals surface area contributed by atoms with Gasteiger partial charge in [-0.1, -0.05) is 17.7 Å². The van der Waals surface area contributed by atoms with Crippen molar-refractivity contribution < 1.29 is 13.2 Å². The lowest BCUT2D eigenvalue weighted by Crippen LogP contribution is -2.46. The molecular formula is C16H25N3O3S. The number of nitrogens with zero attached hydrogens (tertiary/aromatic N) is 2. The lowest BCUT2D eigenvalue weighted by atomic mass is 10.1. The normalized spacial score (nSPS) is 17.4. The molecule has 6 nitrogen and oxygen atoms in total. The molecule has 1 N–H and O–H groups in total. The molecule has 1 fully saturated rings. The highest BCUT2D eigenvalue weighted by atomic mass is 32.2. The van der Waals surface area contributed by atoms with E-state index in [0.29, 0.717) is 0 Å². The number of sulfonamides is 1. The van der Waals surface area contributed by atoms with Crippen molar-refractivity contribution in [3.05, 3.63) is 29.8 Å². The van der Waals surface area contributed by atoms with Gasteiger partial charge in [0.05, 0.1) is 11.4 Å². The van der Waals surface area contributed by atoms with E-state index in [4.69, 9.17) is 0 Å². The Hall–Kier alpha value is -1.44. The summed E-state index contributed by atoms with van der Waals surface area (Å²) in [7, 11) is -0.147. The van der Waals surface area contributed by atoms with Gasteiger partial charge in [0, 0.05) is 13.1 Å². The van der Waals surface area contributed by atoms with Crippen LogP contribution in [0.5, 0.6) is 0 Å². The van der Waals surface area contributed by atoms with Crippen LogP contribution in [0.4, 0.5) is 0 Å². The van der Waals surface area contributed by atoms with Crippen LogP contribution in [0, 0.1) is 6.92 Å². The fraction of sp³-hybridized carbons (Fsp3) is 0.562. The van der Waals surface area contributed by atoms with E-state index in [1.165, 1.54) is 7.05 Å². The maximum Gasteiger partial charge on any atom is 0.243 e. The van der Waals surface area contributed by atoms with Gasteiger partial charge in [-0.15, -0.1) is 0 Å². The van der Waals surface area contributed by atoms with Crippen LogP contribution in [0.1, 0.15) is 18.4 Å². The van der Waals surface area contributed by atoms with Crippen molar-refractivity contribution in [2.75, 3.05) is 33.7 Å². The lowest BCUT2D eigenvalue weighted by molar-refractivity contribution is -0.122. The molecule has 0 unspecified atom stereocenters. The Morgan fingerprint density at radius 2 is 1.83 bits per heavy atom. The maximum atomic E-state index is 12.5. The van der Waals surface area contributed by atoms with Crippen molar-refractivity contribution in [2.45, 2.75) is 30.7 Å². The summed E-state index contributed by atoms with van der Waals surface area (Å²) in [5, 5.41) is 2.93. The van der Waals surface area contributed by atoms with Gasteiger partial charge < -0.3 is 10.2 Å². The molecule has 1 aliphatic heterocycles. The van der Waals surface area contributed by atoms with Crippen LogP contribution in [-0.2, 0) is 14.8 Å². The Bertz CT molecular complexity index is 635. The molecule has 1 aliphatic rings. The average molecular weight is 339 g/mol. The smallest absolute Gasteiger partial charge is 0.243 e. The first-order chi connectivity index (χ1) is 10.8. The average Bonchev–Trinajstić information content (AvgIpc) is 2.50. The maximum absolute atomic E-state index is 12.5. The highest BCUT2D eigenvalue weighted by molar-refractivity contribution is 7.89. The molecule has 0 spiro atoms. The number of rotatable bonds is 5. The van der Waals surface area contributed by atoms with Crippen molar-refractivity contribution in [1.29, 1.82) is 0 Å². The third kappa shape index (κ3) is 4.76. The van der Waals surface area contributed by atoms with Crippen molar-refractivity contribution >= 4 is 15.9 Å². The minimum atomic E-state index is -3.64. The molecule has 23 heavy (non-hydrogen) atoms. The van der Waals surface area contributed by atoms with Crippen LogP contribution in [0.3, 0.4) is 0 Å². The first-order valence-electron chi connectivity index (χ1n) is 7.80. The first-order valence-corrected chi connectivity index (χ1v) is 9.24. The zero-order valence-electron chi connectivity index (χ0n) is 13.9. The topological polar surface area (TPSA) is 69.7 Å². The van der Waals surface area contributed by atoms with E-state index in [0.717, 1.165) is 35.8 Å². The van der Waals surface area contributed by atoms with Crippen LogP contribution in [0.25, 0.3) is 0 Å². The number of amides is 1. The number of piperidine rings is 1. The predicted molar refractivity (Wildman–Crippen MR) is 89.7 cm³/mol. The molecule has 0 saturated carbocycles.